The Morgan fingerprint density at radius 3 is 2.46 bits per heavy atom. The van der Waals surface area contributed by atoms with Crippen LogP contribution in [0.15, 0.2) is 23.6 Å². The van der Waals surface area contributed by atoms with Gasteiger partial charge >= 0.3 is 0 Å². The third-order valence-electron chi connectivity index (χ3n) is 5.21. The van der Waals surface area contributed by atoms with Crippen molar-refractivity contribution in [3.63, 3.8) is 0 Å². The van der Waals surface area contributed by atoms with Crippen molar-refractivity contribution in [2.24, 2.45) is 0 Å². The van der Waals surface area contributed by atoms with Gasteiger partial charge in [0.15, 0.2) is 5.17 Å². The van der Waals surface area contributed by atoms with Gasteiger partial charge in [-0.1, -0.05) is 18.6 Å². The van der Waals surface area contributed by atoms with Crippen molar-refractivity contribution in [3.05, 3.63) is 23.6 Å². The molecule has 0 atom stereocenters. The molecule has 0 aromatic heterocycles. The van der Waals surface area contributed by atoms with Crippen molar-refractivity contribution >= 4 is 22.0 Å². The number of rotatable bonds is 2. The Balaban J connectivity index is 1.48. The normalized spacial score (nSPS) is 23.6. The van der Waals surface area contributed by atoms with Crippen LogP contribution in [0.25, 0.3) is 0 Å². The number of nitrogens with one attached hydrogen (secondary N) is 2. The molecule has 132 valence electrons. The summed E-state index contributed by atoms with van der Waals surface area (Å²) in [7, 11) is 0. The molecular weight excluding hydrogens is 323 g/mol. The molecule has 24 heavy (non-hydrogen) atoms. The summed E-state index contributed by atoms with van der Waals surface area (Å²) < 4.78 is 13.8. The van der Waals surface area contributed by atoms with Gasteiger partial charge in [-0.15, -0.1) is 0 Å². The minimum atomic E-state index is -0.216. The zero-order valence-electron chi connectivity index (χ0n) is 14.2. The van der Waals surface area contributed by atoms with Crippen LogP contribution >= 0.6 is 11.8 Å². The van der Waals surface area contributed by atoms with Crippen LogP contribution in [0.4, 0.5) is 4.39 Å². The molecule has 3 aliphatic rings. The smallest absolute Gasteiger partial charge is 0.162 e. The molecule has 0 amide bonds. The van der Waals surface area contributed by atoms with E-state index in [0.29, 0.717) is 29.6 Å². The molecule has 2 aliphatic heterocycles. The lowest BCUT2D eigenvalue weighted by Gasteiger charge is -2.40. The third-order valence-corrected chi connectivity index (χ3v) is 6.08. The van der Waals surface area contributed by atoms with Gasteiger partial charge in [-0.3, -0.25) is 10.8 Å². The minimum absolute atomic E-state index is 0.159. The fraction of sp³-hybridized carbons (Fsp3) is 0.667. The Labute approximate surface area is 148 Å². The zero-order chi connectivity index (χ0) is 16.9. The number of allylic oxidation sites excluding steroid dienone is 3. The highest BCUT2D eigenvalue weighted by Gasteiger charge is 2.27. The monoisotopic (exact) mass is 350 g/mol. The summed E-state index contributed by atoms with van der Waals surface area (Å²) in [6, 6.07) is 0.653. The Kier molecular flexibility index (Phi) is 6.11. The van der Waals surface area contributed by atoms with Crippen LogP contribution in [0.5, 0.6) is 0 Å². The number of piperidine rings is 2. The molecule has 4 nitrogen and oxygen atoms in total. The van der Waals surface area contributed by atoms with E-state index in [2.05, 4.69) is 4.90 Å². The van der Waals surface area contributed by atoms with E-state index < -0.39 is 0 Å². The second-order valence-electron chi connectivity index (χ2n) is 6.81. The fourth-order valence-electron chi connectivity index (χ4n) is 3.77. The van der Waals surface area contributed by atoms with E-state index >= 15 is 0 Å². The van der Waals surface area contributed by atoms with Gasteiger partial charge in [0.25, 0.3) is 0 Å². The van der Waals surface area contributed by atoms with Gasteiger partial charge in [-0.2, -0.15) is 0 Å². The molecule has 3 rings (SSSR count). The highest BCUT2D eigenvalue weighted by molar-refractivity contribution is 8.26. The summed E-state index contributed by atoms with van der Waals surface area (Å²) in [5, 5.41) is 16.9. The van der Waals surface area contributed by atoms with E-state index in [-0.39, 0.29) is 10.9 Å². The number of thioether (sulfide) groups is 1. The first kappa shape index (κ1) is 17.7. The average Bonchev–Trinajstić information content (AvgIpc) is 2.63. The van der Waals surface area contributed by atoms with Crippen molar-refractivity contribution in [2.75, 3.05) is 26.2 Å². The van der Waals surface area contributed by atoms with Crippen LogP contribution < -0.4 is 0 Å². The largest absolute Gasteiger partial charge is 0.351 e. The summed E-state index contributed by atoms with van der Waals surface area (Å²) in [5.74, 6) is -0.216. The molecule has 0 aromatic carbocycles. The molecule has 0 unspecified atom stereocenters. The molecule has 2 heterocycles. The first-order chi connectivity index (χ1) is 11.6. The summed E-state index contributed by atoms with van der Waals surface area (Å²) >= 11 is 1.08. The fourth-order valence-corrected chi connectivity index (χ4v) is 4.56. The highest BCUT2D eigenvalue weighted by Crippen LogP contribution is 2.27. The van der Waals surface area contributed by atoms with Gasteiger partial charge in [0.2, 0.25) is 0 Å². The standard InChI is InChI=1S/C18H27FN4S/c19-16-7-3-2-6-15(16)17(20)24-18(21)23-12-8-14(9-13-23)22-10-4-1-5-11-22/h2,6,14,20-21H,1,3-5,7-13H2. The summed E-state index contributed by atoms with van der Waals surface area (Å²) in [5.41, 5.74) is 0.360. The minimum Gasteiger partial charge on any atom is -0.351 e. The first-order valence-corrected chi connectivity index (χ1v) is 9.86. The summed E-state index contributed by atoms with van der Waals surface area (Å²) in [6.45, 7) is 4.19. The number of halogens is 1. The molecule has 0 spiro atoms. The topological polar surface area (TPSA) is 54.2 Å². The van der Waals surface area contributed by atoms with E-state index in [1.54, 1.807) is 6.08 Å². The SMILES string of the molecule is N=C(SC(=N)N1CCC(N2CCCCC2)CC1)C1=C(F)CCC=C1. The maximum atomic E-state index is 13.8. The molecule has 0 bridgehead atoms. The Hall–Kier alpha value is -1.14. The van der Waals surface area contributed by atoms with Gasteiger partial charge in [-0.25, -0.2) is 4.39 Å². The predicted molar refractivity (Wildman–Crippen MR) is 99.6 cm³/mol. The van der Waals surface area contributed by atoms with E-state index in [1.165, 1.54) is 32.4 Å². The van der Waals surface area contributed by atoms with Gasteiger partial charge < -0.3 is 9.80 Å². The second-order valence-corrected chi connectivity index (χ2v) is 7.81. The average molecular weight is 351 g/mol. The van der Waals surface area contributed by atoms with Crippen LogP contribution in [-0.2, 0) is 0 Å². The van der Waals surface area contributed by atoms with E-state index in [9.17, 15) is 4.39 Å². The summed E-state index contributed by atoms with van der Waals surface area (Å²) in [6.07, 6.45) is 10.8. The van der Waals surface area contributed by atoms with Crippen LogP contribution in [-0.4, -0.2) is 52.2 Å². The Morgan fingerprint density at radius 2 is 1.79 bits per heavy atom. The molecule has 6 heteroatoms. The molecule has 2 fully saturated rings. The number of hydrogen-bond acceptors (Lipinski definition) is 4. The van der Waals surface area contributed by atoms with Crippen LogP contribution in [0, 0.1) is 10.8 Å². The molecule has 0 aromatic rings. The highest BCUT2D eigenvalue weighted by atomic mass is 32.2. The van der Waals surface area contributed by atoms with Crippen LogP contribution in [0.1, 0.15) is 44.9 Å². The lowest BCUT2D eigenvalue weighted by molar-refractivity contribution is 0.115. The maximum Gasteiger partial charge on any atom is 0.162 e. The van der Waals surface area contributed by atoms with E-state index in [0.717, 1.165) is 37.7 Å². The van der Waals surface area contributed by atoms with Gasteiger partial charge in [-0.05, 0) is 57.0 Å². The Morgan fingerprint density at radius 1 is 1.08 bits per heavy atom. The summed E-state index contributed by atoms with van der Waals surface area (Å²) in [4.78, 5) is 4.66. The Bertz CT molecular complexity index is 543. The zero-order valence-corrected chi connectivity index (χ0v) is 15.0. The van der Waals surface area contributed by atoms with Crippen molar-refractivity contribution in [3.8, 4) is 0 Å². The van der Waals surface area contributed by atoms with Gasteiger partial charge in [0.1, 0.15) is 10.9 Å². The van der Waals surface area contributed by atoms with Crippen molar-refractivity contribution in [2.45, 2.75) is 51.0 Å². The van der Waals surface area contributed by atoms with Crippen molar-refractivity contribution in [1.82, 2.24) is 9.80 Å². The van der Waals surface area contributed by atoms with Crippen molar-refractivity contribution in [1.29, 1.82) is 10.8 Å². The van der Waals surface area contributed by atoms with Crippen LogP contribution in [0.3, 0.4) is 0 Å². The number of amidine groups is 1. The lowest BCUT2D eigenvalue weighted by atomic mass is 10.0. The lowest BCUT2D eigenvalue weighted by Crippen LogP contribution is -2.47. The first-order valence-electron chi connectivity index (χ1n) is 9.04. The van der Waals surface area contributed by atoms with Gasteiger partial charge in [0.05, 0.1) is 0 Å². The molecule has 0 saturated carbocycles. The van der Waals surface area contributed by atoms with E-state index in [1.807, 2.05) is 11.0 Å². The molecular formula is C18H27FN4S. The number of likely N-dealkylation sites (tertiary alicyclic amines) is 2. The number of nitrogens with zero attached hydrogens (tertiary/aromatic N) is 2. The quantitative estimate of drug-likeness (QED) is 0.581. The molecule has 2 saturated heterocycles. The van der Waals surface area contributed by atoms with E-state index in [4.69, 9.17) is 10.8 Å². The molecule has 0 radical (unpaired) electrons. The third kappa shape index (κ3) is 4.28. The maximum absolute atomic E-state index is 13.8. The number of hydrogen-bond donors (Lipinski definition) is 2. The molecule has 1 aliphatic carbocycles. The van der Waals surface area contributed by atoms with Crippen LogP contribution in [0.2, 0.25) is 0 Å². The predicted octanol–water partition coefficient (Wildman–Crippen LogP) is 4.16. The van der Waals surface area contributed by atoms with Gasteiger partial charge in [0, 0.05) is 31.1 Å². The molecule has 2 N–H and O–H groups in total. The van der Waals surface area contributed by atoms with Crippen molar-refractivity contribution < 1.29 is 4.39 Å². The second kappa shape index (κ2) is 8.30.